The molecule has 3 saturated carbocycles. The van der Waals surface area contributed by atoms with Gasteiger partial charge in [-0.05, 0) is 119 Å². The quantitative estimate of drug-likeness (QED) is 0.678. The van der Waals surface area contributed by atoms with E-state index in [1.807, 2.05) is 0 Å². The summed E-state index contributed by atoms with van der Waals surface area (Å²) in [5.41, 5.74) is 2.42. The smallest absolute Gasteiger partial charge is 0.0543 e. The minimum absolute atomic E-state index is 0.0493. The Morgan fingerprint density at radius 3 is 2.58 bits per heavy atom. The molecule has 4 aliphatic rings. The van der Waals surface area contributed by atoms with Gasteiger partial charge in [0.15, 0.2) is 0 Å². The highest BCUT2D eigenvalue weighted by atomic mass is 16.3. The van der Waals surface area contributed by atoms with Gasteiger partial charge in [-0.2, -0.15) is 0 Å². The predicted molar refractivity (Wildman–Crippen MR) is 109 cm³/mol. The summed E-state index contributed by atoms with van der Waals surface area (Å²) in [4.78, 5) is 2.67. The van der Waals surface area contributed by atoms with Crippen molar-refractivity contribution in [2.75, 3.05) is 19.6 Å². The van der Waals surface area contributed by atoms with Crippen LogP contribution in [0.2, 0.25) is 0 Å². The molecule has 0 aromatic carbocycles. The highest BCUT2D eigenvalue weighted by Crippen LogP contribution is 2.61. The highest BCUT2D eigenvalue weighted by Gasteiger charge is 2.52. The molecule has 0 radical (unpaired) electrons. The summed E-state index contributed by atoms with van der Waals surface area (Å²) in [5, 5.41) is 10.4. The van der Waals surface area contributed by atoms with Crippen molar-refractivity contribution in [2.45, 2.75) is 90.6 Å². The molecule has 0 spiro atoms. The van der Waals surface area contributed by atoms with Crippen molar-refractivity contribution in [3.05, 3.63) is 12.2 Å². The molecule has 0 amide bonds. The maximum absolute atomic E-state index is 10.4. The fourth-order valence-corrected chi connectivity index (χ4v) is 7.26. The van der Waals surface area contributed by atoms with Gasteiger partial charge in [0, 0.05) is 0 Å². The Balaban J connectivity index is 1.45. The van der Waals surface area contributed by atoms with E-state index >= 15 is 0 Å². The number of aliphatic hydroxyl groups is 1. The Morgan fingerprint density at radius 1 is 1.04 bits per heavy atom. The van der Waals surface area contributed by atoms with Gasteiger partial charge in [-0.15, -0.1) is 0 Å². The van der Waals surface area contributed by atoms with Crippen LogP contribution in [0.1, 0.15) is 84.5 Å². The molecule has 1 heterocycles. The second-order valence-corrected chi connectivity index (χ2v) is 10.7. The van der Waals surface area contributed by atoms with Crippen LogP contribution in [0.3, 0.4) is 0 Å². The molecule has 4 rings (SSSR count). The van der Waals surface area contributed by atoms with Crippen LogP contribution in [0.4, 0.5) is 0 Å². The van der Waals surface area contributed by atoms with Crippen molar-refractivity contribution in [3.63, 3.8) is 0 Å². The van der Waals surface area contributed by atoms with Crippen molar-refractivity contribution in [1.29, 1.82) is 0 Å². The molecule has 148 valence electrons. The molecule has 1 N–H and O–H groups in total. The largest absolute Gasteiger partial charge is 0.393 e. The van der Waals surface area contributed by atoms with E-state index in [1.165, 1.54) is 83.0 Å². The number of hydrogen-bond acceptors (Lipinski definition) is 2. The van der Waals surface area contributed by atoms with Crippen molar-refractivity contribution in [3.8, 4) is 0 Å². The Hall–Kier alpha value is -0.340. The highest BCUT2D eigenvalue weighted by molar-refractivity contribution is 5.19. The first-order chi connectivity index (χ1) is 12.4. The maximum Gasteiger partial charge on any atom is 0.0543 e. The lowest BCUT2D eigenvalue weighted by Crippen LogP contribution is -2.46. The van der Waals surface area contributed by atoms with Gasteiger partial charge in [0.1, 0.15) is 0 Å². The van der Waals surface area contributed by atoms with Crippen molar-refractivity contribution in [1.82, 2.24) is 4.90 Å². The van der Waals surface area contributed by atoms with Gasteiger partial charge >= 0.3 is 0 Å². The first-order valence-electron chi connectivity index (χ1n) is 11.5. The second-order valence-electron chi connectivity index (χ2n) is 10.7. The summed E-state index contributed by atoms with van der Waals surface area (Å²) >= 11 is 0. The minimum Gasteiger partial charge on any atom is -0.393 e. The van der Waals surface area contributed by atoms with Crippen molar-refractivity contribution in [2.24, 2.45) is 28.6 Å². The number of rotatable bonds is 4. The number of allylic oxidation sites excluding steroid dienone is 1. The third kappa shape index (κ3) is 3.30. The molecular formula is C24H41NO. The molecule has 6 atom stereocenters. The van der Waals surface area contributed by atoms with E-state index in [0.29, 0.717) is 16.7 Å². The fourth-order valence-electron chi connectivity index (χ4n) is 7.26. The van der Waals surface area contributed by atoms with Crippen LogP contribution in [0.25, 0.3) is 0 Å². The zero-order valence-electron chi connectivity index (χ0n) is 17.3. The molecule has 26 heavy (non-hydrogen) atoms. The molecular weight excluding hydrogens is 318 g/mol. The summed E-state index contributed by atoms with van der Waals surface area (Å²) in [6.07, 6.45) is 14.2. The predicted octanol–water partition coefficient (Wildman–Crippen LogP) is 5.41. The van der Waals surface area contributed by atoms with E-state index < -0.39 is 0 Å². The summed E-state index contributed by atoms with van der Waals surface area (Å²) in [6.45, 7) is 13.4. The van der Waals surface area contributed by atoms with Crippen LogP contribution in [0, 0.1) is 28.6 Å². The molecule has 0 aromatic rings. The molecule has 2 nitrogen and oxygen atoms in total. The zero-order chi connectivity index (χ0) is 18.4. The summed E-state index contributed by atoms with van der Waals surface area (Å²) in [5.74, 6) is 2.45. The van der Waals surface area contributed by atoms with Crippen LogP contribution >= 0.6 is 0 Å². The normalized spacial score (nSPS) is 47.3. The lowest BCUT2D eigenvalue weighted by atomic mass is 9.52. The molecule has 6 unspecified atom stereocenters. The van der Waals surface area contributed by atoms with Gasteiger partial charge in [0.2, 0.25) is 0 Å². The first kappa shape index (κ1) is 19.0. The summed E-state index contributed by atoms with van der Waals surface area (Å²) in [7, 11) is 0. The fraction of sp³-hybridized carbons (Fsp3) is 0.917. The van der Waals surface area contributed by atoms with Gasteiger partial charge in [0.25, 0.3) is 0 Å². The van der Waals surface area contributed by atoms with Crippen LogP contribution in [0.15, 0.2) is 12.2 Å². The lowest BCUT2D eigenvalue weighted by Gasteiger charge is -2.53. The van der Waals surface area contributed by atoms with Gasteiger partial charge in [-0.3, -0.25) is 0 Å². The lowest BCUT2D eigenvalue weighted by molar-refractivity contribution is -0.0536. The summed E-state index contributed by atoms with van der Waals surface area (Å²) < 4.78 is 0. The molecule has 1 aliphatic heterocycles. The average Bonchev–Trinajstić information content (AvgIpc) is 3.24. The van der Waals surface area contributed by atoms with Gasteiger partial charge in [-0.25, -0.2) is 0 Å². The van der Waals surface area contributed by atoms with Gasteiger partial charge < -0.3 is 10.0 Å². The third-order valence-corrected chi connectivity index (χ3v) is 9.52. The molecule has 0 bridgehead atoms. The number of fused-ring (bicyclic) bond motifs is 1. The topological polar surface area (TPSA) is 23.5 Å². The monoisotopic (exact) mass is 359 g/mol. The van der Waals surface area contributed by atoms with Gasteiger partial charge in [-0.1, -0.05) is 26.0 Å². The standard InChI is InChI=1S/C24H41NO/c1-18-6-7-19-16-20(8-11-23(18,19)2)24(3)12-9-22(26)17-21(24)10-15-25-13-4-5-14-25/h19-22,26H,1,4-17H2,2-3H3. The Bertz CT molecular complexity index is 524. The Labute approximate surface area is 161 Å². The minimum atomic E-state index is -0.0493. The van der Waals surface area contributed by atoms with Crippen molar-refractivity contribution < 1.29 is 5.11 Å². The third-order valence-electron chi connectivity index (χ3n) is 9.52. The van der Waals surface area contributed by atoms with E-state index in [0.717, 1.165) is 24.7 Å². The van der Waals surface area contributed by atoms with Crippen LogP contribution in [0.5, 0.6) is 0 Å². The molecule has 0 aromatic heterocycles. The number of likely N-dealkylation sites (tertiary alicyclic amines) is 1. The van der Waals surface area contributed by atoms with E-state index in [4.69, 9.17) is 0 Å². The van der Waals surface area contributed by atoms with E-state index in [1.54, 1.807) is 0 Å². The van der Waals surface area contributed by atoms with Crippen LogP contribution < -0.4 is 0 Å². The maximum atomic E-state index is 10.4. The van der Waals surface area contributed by atoms with Crippen LogP contribution in [-0.2, 0) is 0 Å². The number of nitrogens with zero attached hydrogens (tertiary/aromatic N) is 1. The molecule has 1 saturated heterocycles. The van der Waals surface area contributed by atoms with Crippen LogP contribution in [-0.4, -0.2) is 35.7 Å². The number of aliphatic hydroxyl groups excluding tert-OH is 1. The zero-order valence-corrected chi connectivity index (χ0v) is 17.3. The molecule has 4 fully saturated rings. The molecule has 3 aliphatic carbocycles. The Morgan fingerprint density at radius 2 is 1.81 bits per heavy atom. The first-order valence-corrected chi connectivity index (χ1v) is 11.5. The molecule has 2 heteroatoms. The second kappa shape index (κ2) is 7.24. The average molecular weight is 360 g/mol. The number of hydrogen-bond donors (Lipinski definition) is 1. The van der Waals surface area contributed by atoms with E-state index in [2.05, 4.69) is 25.3 Å². The van der Waals surface area contributed by atoms with Gasteiger partial charge in [0.05, 0.1) is 6.10 Å². The summed E-state index contributed by atoms with van der Waals surface area (Å²) in [6, 6.07) is 0. The Kier molecular flexibility index (Phi) is 5.29. The van der Waals surface area contributed by atoms with E-state index in [9.17, 15) is 5.11 Å². The van der Waals surface area contributed by atoms with Crippen molar-refractivity contribution >= 4 is 0 Å². The van der Waals surface area contributed by atoms with E-state index in [-0.39, 0.29) is 6.10 Å². The SMILES string of the molecule is C=C1CCC2CC(C3(C)CCC(O)CC3CCN3CCCC3)CCC12C.